The molecule has 5 rings (SSSR count). The van der Waals surface area contributed by atoms with E-state index < -0.39 is 0 Å². The van der Waals surface area contributed by atoms with Crippen molar-refractivity contribution in [2.75, 3.05) is 19.0 Å². The zero-order valence-electron chi connectivity index (χ0n) is 21.1. The zero-order valence-corrected chi connectivity index (χ0v) is 21.9. The van der Waals surface area contributed by atoms with Crippen molar-refractivity contribution in [1.82, 2.24) is 9.66 Å². The van der Waals surface area contributed by atoms with Gasteiger partial charge in [-0.1, -0.05) is 30.7 Å². The van der Waals surface area contributed by atoms with Crippen LogP contribution >= 0.6 is 11.6 Å². The second-order valence-electron chi connectivity index (χ2n) is 9.06. The van der Waals surface area contributed by atoms with E-state index in [1.54, 1.807) is 36.5 Å². The Hall–Kier alpha value is -4.10. The van der Waals surface area contributed by atoms with Crippen LogP contribution in [0.1, 0.15) is 25.8 Å². The molecule has 188 valence electrons. The van der Waals surface area contributed by atoms with Gasteiger partial charge in [-0.25, -0.2) is 4.98 Å². The standard InChI is InChI=1S/C29H27ClN4O3/c1-5-18(2)36-26-16-22(33(3)4)12-10-19(26)17-31-34-28(32-24-9-7-6-8-23(24)29(34)35)27-15-20-14-21(30)11-13-25(20)37-27/h6-18H,5H2,1-4H3/t18-/m0/s1. The summed E-state index contributed by atoms with van der Waals surface area (Å²) in [5.41, 5.74) is 2.64. The van der Waals surface area contributed by atoms with E-state index in [2.05, 4.69) is 12.0 Å². The van der Waals surface area contributed by atoms with Crippen LogP contribution in [-0.2, 0) is 0 Å². The molecule has 3 aromatic carbocycles. The topological polar surface area (TPSA) is 72.9 Å². The van der Waals surface area contributed by atoms with Gasteiger partial charge < -0.3 is 14.1 Å². The molecular formula is C29H27ClN4O3. The van der Waals surface area contributed by atoms with Crippen molar-refractivity contribution in [2.45, 2.75) is 26.4 Å². The molecule has 0 saturated heterocycles. The fourth-order valence-electron chi connectivity index (χ4n) is 3.94. The first-order valence-electron chi connectivity index (χ1n) is 12.1. The number of fused-ring (bicyclic) bond motifs is 2. The maximum atomic E-state index is 13.6. The predicted octanol–water partition coefficient (Wildman–Crippen LogP) is 6.59. The zero-order chi connectivity index (χ0) is 26.1. The van der Waals surface area contributed by atoms with Crippen LogP contribution in [0.4, 0.5) is 5.69 Å². The molecule has 0 saturated carbocycles. The highest BCUT2D eigenvalue weighted by molar-refractivity contribution is 6.31. The van der Waals surface area contributed by atoms with E-state index in [4.69, 9.17) is 25.7 Å². The minimum Gasteiger partial charge on any atom is -0.490 e. The van der Waals surface area contributed by atoms with Crippen molar-refractivity contribution in [1.29, 1.82) is 0 Å². The Morgan fingerprint density at radius 3 is 2.73 bits per heavy atom. The van der Waals surface area contributed by atoms with E-state index in [9.17, 15) is 4.79 Å². The van der Waals surface area contributed by atoms with Gasteiger partial charge in [0, 0.05) is 41.8 Å². The van der Waals surface area contributed by atoms with E-state index in [0.717, 1.165) is 23.1 Å². The third-order valence-corrected chi connectivity index (χ3v) is 6.42. The third-order valence-electron chi connectivity index (χ3n) is 6.18. The lowest BCUT2D eigenvalue weighted by Gasteiger charge is -2.18. The van der Waals surface area contributed by atoms with Crippen molar-refractivity contribution in [3.05, 3.63) is 87.7 Å². The van der Waals surface area contributed by atoms with Gasteiger partial charge in [0.25, 0.3) is 5.56 Å². The molecule has 37 heavy (non-hydrogen) atoms. The van der Waals surface area contributed by atoms with E-state index in [1.807, 2.05) is 62.3 Å². The summed E-state index contributed by atoms with van der Waals surface area (Å²) in [6.07, 6.45) is 2.50. The lowest BCUT2D eigenvalue weighted by atomic mass is 10.2. The molecule has 1 atom stereocenters. The molecule has 0 unspecified atom stereocenters. The Balaban J connectivity index is 1.67. The Labute approximate surface area is 219 Å². The quantitative estimate of drug-likeness (QED) is 0.229. The fraction of sp³-hybridized carbons (Fsp3) is 0.207. The summed E-state index contributed by atoms with van der Waals surface area (Å²) in [6.45, 7) is 4.09. The summed E-state index contributed by atoms with van der Waals surface area (Å²) in [4.78, 5) is 20.3. The third kappa shape index (κ3) is 4.95. The van der Waals surface area contributed by atoms with Crippen molar-refractivity contribution in [3.8, 4) is 17.3 Å². The van der Waals surface area contributed by atoms with E-state index >= 15 is 0 Å². The van der Waals surface area contributed by atoms with Crippen LogP contribution in [0.3, 0.4) is 0 Å². The van der Waals surface area contributed by atoms with Crippen LogP contribution in [0.5, 0.6) is 5.75 Å². The first-order valence-corrected chi connectivity index (χ1v) is 12.5. The molecule has 0 aliphatic rings. The smallest absolute Gasteiger partial charge is 0.282 e. The molecule has 8 heteroatoms. The Kier molecular flexibility index (Phi) is 6.72. The molecule has 0 N–H and O–H groups in total. The van der Waals surface area contributed by atoms with Crippen LogP contribution in [-0.4, -0.2) is 36.1 Å². The van der Waals surface area contributed by atoms with Gasteiger partial charge in [-0.05, 0) is 61.9 Å². The Morgan fingerprint density at radius 1 is 1.14 bits per heavy atom. The van der Waals surface area contributed by atoms with E-state index in [-0.39, 0.29) is 11.7 Å². The van der Waals surface area contributed by atoms with Gasteiger partial charge >= 0.3 is 0 Å². The number of halogens is 1. The van der Waals surface area contributed by atoms with Crippen molar-refractivity contribution in [2.24, 2.45) is 5.10 Å². The first kappa shape index (κ1) is 24.6. The van der Waals surface area contributed by atoms with E-state index in [0.29, 0.717) is 38.8 Å². The number of para-hydroxylation sites is 1. The molecule has 0 aliphatic carbocycles. The van der Waals surface area contributed by atoms with E-state index in [1.165, 1.54) is 4.68 Å². The lowest BCUT2D eigenvalue weighted by Crippen LogP contribution is -2.20. The van der Waals surface area contributed by atoms with Crippen LogP contribution in [0.15, 0.2) is 81.0 Å². The summed E-state index contributed by atoms with van der Waals surface area (Å²) in [7, 11) is 3.95. The number of aromatic nitrogens is 2. The molecule has 0 radical (unpaired) electrons. The highest BCUT2D eigenvalue weighted by atomic mass is 35.5. The number of ether oxygens (including phenoxy) is 1. The molecule has 0 bridgehead atoms. The van der Waals surface area contributed by atoms with Gasteiger partial charge in [0.15, 0.2) is 5.76 Å². The molecule has 2 aromatic heterocycles. The number of hydrogen-bond acceptors (Lipinski definition) is 6. The second-order valence-corrected chi connectivity index (χ2v) is 9.50. The number of hydrogen-bond donors (Lipinski definition) is 0. The highest BCUT2D eigenvalue weighted by Crippen LogP contribution is 2.30. The monoisotopic (exact) mass is 514 g/mol. The summed E-state index contributed by atoms with van der Waals surface area (Å²) >= 11 is 6.17. The molecule has 7 nitrogen and oxygen atoms in total. The van der Waals surface area contributed by atoms with Gasteiger partial charge in [-0.3, -0.25) is 4.79 Å². The maximum Gasteiger partial charge on any atom is 0.282 e. The fourth-order valence-corrected chi connectivity index (χ4v) is 4.13. The largest absolute Gasteiger partial charge is 0.490 e. The average molecular weight is 515 g/mol. The van der Waals surface area contributed by atoms with Gasteiger partial charge in [0.2, 0.25) is 5.82 Å². The molecule has 5 aromatic rings. The Morgan fingerprint density at radius 2 is 1.95 bits per heavy atom. The number of rotatable bonds is 7. The molecule has 2 heterocycles. The molecule has 0 spiro atoms. The summed E-state index contributed by atoms with van der Waals surface area (Å²) in [6, 6.07) is 20.2. The maximum absolute atomic E-state index is 13.6. The van der Waals surface area contributed by atoms with Crippen LogP contribution in [0.2, 0.25) is 5.02 Å². The second kappa shape index (κ2) is 10.1. The summed E-state index contributed by atoms with van der Waals surface area (Å²) in [5, 5.41) is 6.46. The first-order chi connectivity index (χ1) is 17.8. The summed E-state index contributed by atoms with van der Waals surface area (Å²) < 4.78 is 13.5. The predicted molar refractivity (Wildman–Crippen MR) is 150 cm³/mol. The number of anilines is 1. The van der Waals surface area contributed by atoms with Crippen LogP contribution in [0.25, 0.3) is 33.5 Å². The highest BCUT2D eigenvalue weighted by Gasteiger charge is 2.17. The van der Waals surface area contributed by atoms with Gasteiger partial charge in [-0.15, -0.1) is 0 Å². The van der Waals surface area contributed by atoms with Crippen molar-refractivity contribution in [3.63, 3.8) is 0 Å². The molecular weight excluding hydrogens is 488 g/mol. The van der Waals surface area contributed by atoms with Crippen molar-refractivity contribution < 1.29 is 9.15 Å². The number of nitrogens with zero attached hydrogens (tertiary/aromatic N) is 4. The Bertz CT molecular complexity index is 1690. The van der Waals surface area contributed by atoms with Gasteiger partial charge in [-0.2, -0.15) is 9.78 Å². The SMILES string of the molecule is CC[C@H](C)Oc1cc(N(C)C)ccc1C=Nn1c(-c2cc3cc(Cl)ccc3o2)nc2ccccc2c1=O. The molecule has 0 aliphatic heterocycles. The van der Waals surface area contributed by atoms with Gasteiger partial charge in [0.1, 0.15) is 11.3 Å². The minimum absolute atomic E-state index is 0.0209. The molecule has 0 amide bonds. The normalized spacial score (nSPS) is 12.5. The average Bonchev–Trinajstić information content (AvgIpc) is 3.31. The van der Waals surface area contributed by atoms with Crippen LogP contribution < -0.4 is 15.2 Å². The van der Waals surface area contributed by atoms with Gasteiger partial charge in [0.05, 0.1) is 23.2 Å². The number of benzene rings is 3. The minimum atomic E-state index is -0.301. The molecule has 0 fully saturated rings. The number of furan rings is 1. The van der Waals surface area contributed by atoms with Crippen LogP contribution in [0, 0.1) is 0 Å². The lowest BCUT2D eigenvalue weighted by molar-refractivity contribution is 0.217. The van der Waals surface area contributed by atoms with Crippen molar-refractivity contribution >= 4 is 45.4 Å². The summed E-state index contributed by atoms with van der Waals surface area (Å²) in [5.74, 6) is 1.39.